The van der Waals surface area contributed by atoms with Crippen molar-refractivity contribution >= 4 is 17.6 Å². The molecule has 0 spiro atoms. The van der Waals surface area contributed by atoms with E-state index in [1.807, 2.05) is 6.92 Å². The lowest BCUT2D eigenvalue weighted by Gasteiger charge is -2.13. The van der Waals surface area contributed by atoms with Crippen molar-refractivity contribution < 1.29 is 24.1 Å². The molecule has 19 heavy (non-hydrogen) atoms. The third-order valence-corrected chi connectivity index (χ3v) is 2.64. The Balaban J connectivity index is 2.74. The number of carboxylic acid groups (broad SMARTS) is 1. The number of carbonyl (C=O) groups is 1. The maximum Gasteiger partial charge on any atom is 0.335 e. The summed E-state index contributed by atoms with van der Waals surface area (Å²) in [6.07, 6.45) is 0.716. The second-order valence-corrected chi connectivity index (χ2v) is 4.10. The first-order valence-corrected chi connectivity index (χ1v) is 6.29. The molecule has 1 rings (SSSR count). The molecule has 0 bridgehead atoms. The largest absolute Gasteiger partial charge is 0.493 e. The minimum absolute atomic E-state index is 0.0588. The summed E-state index contributed by atoms with van der Waals surface area (Å²) in [5.74, 6) is -0.407. The smallest absolute Gasteiger partial charge is 0.335 e. The van der Waals surface area contributed by atoms with Crippen molar-refractivity contribution in [3.63, 3.8) is 0 Å². The Labute approximate surface area is 117 Å². The Morgan fingerprint density at radius 1 is 1.37 bits per heavy atom. The van der Waals surface area contributed by atoms with Crippen LogP contribution in [0.2, 0.25) is 5.02 Å². The fraction of sp³-hybridized carbons (Fsp3) is 0.462. The van der Waals surface area contributed by atoms with E-state index in [4.69, 9.17) is 30.9 Å². The van der Waals surface area contributed by atoms with E-state index >= 15 is 0 Å². The molecule has 0 radical (unpaired) electrons. The molecular formula is C13H17ClO5. The number of ether oxygens (including phenoxy) is 3. The van der Waals surface area contributed by atoms with Crippen LogP contribution in [0, 0.1) is 0 Å². The number of aromatic carboxylic acids is 1. The molecule has 0 fully saturated rings. The monoisotopic (exact) mass is 288 g/mol. The Morgan fingerprint density at radius 3 is 2.68 bits per heavy atom. The summed E-state index contributed by atoms with van der Waals surface area (Å²) in [5, 5.41) is 9.14. The topological polar surface area (TPSA) is 65.0 Å². The van der Waals surface area contributed by atoms with Gasteiger partial charge in [-0.15, -0.1) is 0 Å². The van der Waals surface area contributed by atoms with Gasteiger partial charge in [-0.05, 0) is 19.1 Å². The van der Waals surface area contributed by atoms with Crippen molar-refractivity contribution in [2.75, 3.05) is 26.9 Å². The predicted octanol–water partition coefficient (Wildman–Crippen LogP) is 2.85. The van der Waals surface area contributed by atoms with Gasteiger partial charge in [0.25, 0.3) is 0 Å². The standard InChI is InChI=1S/C13H17ClO5/c1-3-18-5-4-6-19-12-10(14)7-9(13(15)16)8-11(12)17-2/h7-8H,3-6H2,1-2H3,(H,15,16). The van der Waals surface area contributed by atoms with E-state index in [1.165, 1.54) is 19.2 Å². The molecule has 0 saturated heterocycles. The first-order valence-electron chi connectivity index (χ1n) is 5.91. The van der Waals surface area contributed by atoms with Crippen LogP contribution in [-0.4, -0.2) is 38.0 Å². The van der Waals surface area contributed by atoms with Crippen LogP contribution in [-0.2, 0) is 4.74 Å². The van der Waals surface area contributed by atoms with E-state index in [0.717, 1.165) is 0 Å². The number of carboxylic acids is 1. The second-order valence-electron chi connectivity index (χ2n) is 3.69. The molecule has 0 unspecified atom stereocenters. The average molecular weight is 289 g/mol. The molecule has 0 atom stereocenters. The SMILES string of the molecule is CCOCCCOc1c(Cl)cc(C(=O)O)cc1OC. The van der Waals surface area contributed by atoms with Crippen LogP contribution in [0.15, 0.2) is 12.1 Å². The van der Waals surface area contributed by atoms with Gasteiger partial charge in [0.1, 0.15) is 0 Å². The number of benzene rings is 1. The van der Waals surface area contributed by atoms with Gasteiger partial charge in [0.15, 0.2) is 11.5 Å². The van der Waals surface area contributed by atoms with Gasteiger partial charge in [0.05, 0.1) is 24.3 Å². The normalized spacial score (nSPS) is 10.3. The second kappa shape index (κ2) is 7.86. The van der Waals surface area contributed by atoms with Gasteiger partial charge in [-0.2, -0.15) is 0 Å². The Kier molecular flexibility index (Phi) is 6.45. The number of hydrogen-bond donors (Lipinski definition) is 1. The summed E-state index contributed by atoms with van der Waals surface area (Å²) in [5.41, 5.74) is 0.0588. The highest BCUT2D eigenvalue weighted by molar-refractivity contribution is 6.32. The minimum Gasteiger partial charge on any atom is -0.493 e. The van der Waals surface area contributed by atoms with E-state index in [-0.39, 0.29) is 10.6 Å². The van der Waals surface area contributed by atoms with E-state index < -0.39 is 5.97 Å². The highest BCUT2D eigenvalue weighted by Gasteiger charge is 2.15. The number of hydrogen-bond acceptors (Lipinski definition) is 4. The molecule has 0 aliphatic rings. The van der Waals surface area contributed by atoms with Gasteiger partial charge in [0, 0.05) is 19.6 Å². The first kappa shape index (κ1) is 15.6. The van der Waals surface area contributed by atoms with Crippen LogP contribution < -0.4 is 9.47 Å². The molecule has 0 aliphatic carbocycles. The van der Waals surface area contributed by atoms with E-state index in [1.54, 1.807) is 0 Å². The summed E-state index contributed by atoms with van der Waals surface area (Å²) in [4.78, 5) is 10.9. The average Bonchev–Trinajstić information content (AvgIpc) is 2.39. The number of rotatable bonds is 8. The van der Waals surface area contributed by atoms with Crippen LogP contribution in [0.1, 0.15) is 23.7 Å². The molecule has 0 aromatic heterocycles. The molecule has 0 aliphatic heterocycles. The van der Waals surface area contributed by atoms with Crippen molar-refractivity contribution in [3.8, 4) is 11.5 Å². The van der Waals surface area contributed by atoms with Gasteiger partial charge in [0.2, 0.25) is 0 Å². The van der Waals surface area contributed by atoms with Gasteiger partial charge in [-0.25, -0.2) is 4.79 Å². The number of halogens is 1. The fourth-order valence-electron chi connectivity index (χ4n) is 1.46. The van der Waals surface area contributed by atoms with E-state index in [9.17, 15) is 4.79 Å². The zero-order chi connectivity index (χ0) is 14.3. The van der Waals surface area contributed by atoms with Crippen LogP contribution in [0.25, 0.3) is 0 Å². The molecule has 1 aromatic carbocycles. The van der Waals surface area contributed by atoms with Crippen molar-refractivity contribution in [2.24, 2.45) is 0 Å². The van der Waals surface area contributed by atoms with Crippen molar-refractivity contribution in [1.82, 2.24) is 0 Å². The lowest BCUT2D eigenvalue weighted by molar-refractivity contribution is 0.0696. The quantitative estimate of drug-likeness (QED) is 0.745. The maximum absolute atomic E-state index is 10.9. The lowest BCUT2D eigenvalue weighted by atomic mass is 10.2. The van der Waals surface area contributed by atoms with E-state index in [0.29, 0.717) is 37.7 Å². The molecule has 106 valence electrons. The fourth-order valence-corrected chi connectivity index (χ4v) is 1.73. The van der Waals surface area contributed by atoms with Crippen LogP contribution in [0.3, 0.4) is 0 Å². The van der Waals surface area contributed by atoms with Gasteiger partial charge in [-0.1, -0.05) is 11.6 Å². The van der Waals surface area contributed by atoms with Crippen molar-refractivity contribution in [3.05, 3.63) is 22.7 Å². The molecule has 0 amide bonds. The van der Waals surface area contributed by atoms with Crippen LogP contribution in [0.4, 0.5) is 0 Å². The predicted molar refractivity (Wildman–Crippen MR) is 71.6 cm³/mol. The summed E-state index contributed by atoms with van der Waals surface area (Å²) in [7, 11) is 1.43. The van der Waals surface area contributed by atoms with E-state index in [2.05, 4.69) is 0 Å². The molecule has 5 nitrogen and oxygen atoms in total. The third kappa shape index (κ3) is 4.61. The summed E-state index contributed by atoms with van der Waals surface area (Å²) < 4.78 is 15.8. The maximum atomic E-state index is 10.9. The molecule has 1 N–H and O–H groups in total. The molecule has 6 heteroatoms. The summed E-state index contributed by atoms with van der Waals surface area (Å²) in [6, 6.07) is 2.72. The van der Waals surface area contributed by atoms with Crippen LogP contribution in [0.5, 0.6) is 11.5 Å². The third-order valence-electron chi connectivity index (χ3n) is 2.36. The van der Waals surface area contributed by atoms with Crippen molar-refractivity contribution in [1.29, 1.82) is 0 Å². The van der Waals surface area contributed by atoms with Crippen molar-refractivity contribution in [2.45, 2.75) is 13.3 Å². The zero-order valence-electron chi connectivity index (χ0n) is 10.9. The van der Waals surface area contributed by atoms with Crippen LogP contribution >= 0.6 is 11.6 Å². The molecule has 0 heterocycles. The Hall–Kier alpha value is -1.46. The Bertz CT molecular complexity index is 433. The zero-order valence-corrected chi connectivity index (χ0v) is 11.7. The van der Waals surface area contributed by atoms with Gasteiger partial charge in [-0.3, -0.25) is 0 Å². The first-order chi connectivity index (χ1) is 9.10. The van der Waals surface area contributed by atoms with Gasteiger partial charge >= 0.3 is 5.97 Å². The highest BCUT2D eigenvalue weighted by atomic mass is 35.5. The Morgan fingerprint density at radius 2 is 2.11 bits per heavy atom. The molecule has 1 aromatic rings. The lowest BCUT2D eigenvalue weighted by Crippen LogP contribution is -2.05. The molecular weight excluding hydrogens is 272 g/mol. The summed E-state index contributed by atoms with van der Waals surface area (Å²) in [6.45, 7) is 3.61. The summed E-state index contributed by atoms with van der Waals surface area (Å²) >= 11 is 6.00. The van der Waals surface area contributed by atoms with Gasteiger partial charge < -0.3 is 19.3 Å². The highest BCUT2D eigenvalue weighted by Crippen LogP contribution is 2.36. The minimum atomic E-state index is -1.07. The molecule has 0 saturated carbocycles. The number of methoxy groups -OCH3 is 1.